The van der Waals surface area contributed by atoms with Crippen molar-refractivity contribution in [3.63, 3.8) is 0 Å². The number of benzene rings is 3. The molecule has 5 aromatic rings. The molecule has 7 nitrogen and oxygen atoms in total. The molecule has 0 spiro atoms. The van der Waals surface area contributed by atoms with E-state index in [1.807, 2.05) is 66.9 Å². The Labute approximate surface area is 206 Å². The van der Waals surface area contributed by atoms with Gasteiger partial charge in [-0.2, -0.15) is 0 Å². The minimum absolute atomic E-state index is 0.109. The number of methoxy groups -OCH3 is 3. The van der Waals surface area contributed by atoms with Crippen LogP contribution in [0.4, 0.5) is 0 Å². The van der Waals surface area contributed by atoms with Gasteiger partial charge in [0.15, 0.2) is 4.96 Å². The SMILES string of the molecule is COc1cccc(-c2cn3c(n2)sc2cc(C(=O)NCCc4ccc(OC)cc4OC)ccc23)c1. The van der Waals surface area contributed by atoms with Crippen molar-refractivity contribution >= 4 is 32.4 Å². The van der Waals surface area contributed by atoms with E-state index < -0.39 is 0 Å². The molecule has 0 fully saturated rings. The number of carbonyl (C=O) groups is 1. The van der Waals surface area contributed by atoms with Crippen molar-refractivity contribution in [3.05, 3.63) is 78.0 Å². The fraction of sp³-hybridized carbons (Fsp3) is 0.185. The van der Waals surface area contributed by atoms with E-state index >= 15 is 0 Å². The summed E-state index contributed by atoms with van der Waals surface area (Å²) in [6, 6.07) is 19.3. The van der Waals surface area contributed by atoms with E-state index in [4.69, 9.17) is 19.2 Å². The summed E-state index contributed by atoms with van der Waals surface area (Å²) >= 11 is 1.56. The Balaban J connectivity index is 1.30. The molecular weight excluding hydrogens is 462 g/mol. The molecule has 0 saturated carbocycles. The van der Waals surface area contributed by atoms with Gasteiger partial charge in [-0.1, -0.05) is 29.5 Å². The van der Waals surface area contributed by atoms with Gasteiger partial charge in [0.05, 0.1) is 37.2 Å². The summed E-state index contributed by atoms with van der Waals surface area (Å²) in [5, 5.41) is 3.01. The topological polar surface area (TPSA) is 74.1 Å². The van der Waals surface area contributed by atoms with Crippen molar-refractivity contribution < 1.29 is 19.0 Å². The number of amides is 1. The summed E-state index contributed by atoms with van der Waals surface area (Å²) < 4.78 is 19.1. The van der Waals surface area contributed by atoms with Gasteiger partial charge in [-0.3, -0.25) is 9.20 Å². The summed E-state index contributed by atoms with van der Waals surface area (Å²) in [5.74, 6) is 2.17. The molecule has 0 atom stereocenters. The maximum absolute atomic E-state index is 12.8. The fourth-order valence-corrected chi connectivity index (χ4v) is 5.08. The van der Waals surface area contributed by atoms with Gasteiger partial charge in [-0.05, 0) is 48.4 Å². The molecule has 3 aromatic carbocycles. The Morgan fingerprint density at radius 1 is 0.971 bits per heavy atom. The second-order valence-corrected chi connectivity index (χ2v) is 8.99. The Kier molecular flexibility index (Phi) is 6.29. The largest absolute Gasteiger partial charge is 0.497 e. The fourth-order valence-electron chi connectivity index (χ4n) is 4.03. The van der Waals surface area contributed by atoms with Crippen LogP contribution in [0.1, 0.15) is 15.9 Å². The number of ether oxygens (including phenoxy) is 3. The molecule has 0 aliphatic rings. The van der Waals surface area contributed by atoms with Crippen molar-refractivity contribution in [1.82, 2.24) is 14.7 Å². The van der Waals surface area contributed by atoms with Gasteiger partial charge in [-0.15, -0.1) is 0 Å². The molecule has 0 radical (unpaired) electrons. The lowest BCUT2D eigenvalue weighted by Gasteiger charge is -2.11. The van der Waals surface area contributed by atoms with Crippen molar-refractivity contribution in [2.24, 2.45) is 0 Å². The summed E-state index contributed by atoms with van der Waals surface area (Å²) in [6.45, 7) is 0.497. The standard InChI is InChI=1S/C27H25N3O4S/c1-32-20-6-4-5-18(13-20)22-16-30-23-10-8-19(14-25(23)35-27(30)29-22)26(31)28-12-11-17-7-9-21(33-2)15-24(17)34-3/h4-10,13-16H,11-12H2,1-3H3,(H,28,31). The van der Waals surface area contributed by atoms with Crippen molar-refractivity contribution in [3.8, 4) is 28.5 Å². The van der Waals surface area contributed by atoms with Crippen LogP contribution in [0.3, 0.4) is 0 Å². The molecule has 5 rings (SSSR count). The Morgan fingerprint density at radius 2 is 1.80 bits per heavy atom. The van der Waals surface area contributed by atoms with Crippen LogP contribution in [0.15, 0.2) is 66.9 Å². The van der Waals surface area contributed by atoms with E-state index in [1.165, 1.54) is 0 Å². The minimum atomic E-state index is -0.109. The highest BCUT2D eigenvalue weighted by atomic mass is 32.1. The number of hydrogen-bond donors (Lipinski definition) is 1. The molecule has 2 aromatic heterocycles. The van der Waals surface area contributed by atoms with Crippen LogP contribution < -0.4 is 19.5 Å². The quantitative estimate of drug-likeness (QED) is 0.325. The van der Waals surface area contributed by atoms with Crippen molar-refractivity contribution in [2.75, 3.05) is 27.9 Å². The summed E-state index contributed by atoms with van der Waals surface area (Å²) in [4.78, 5) is 18.5. The zero-order valence-electron chi connectivity index (χ0n) is 19.7. The first-order chi connectivity index (χ1) is 17.1. The molecular formula is C27H25N3O4S. The predicted molar refractivity (Wildman–Crippen MR) is 138 cm³/mol. The summed E-state index contributed by atoms with van der Waals surface area (Å²) in [5.41, 5.74) is 4.53. The van der Waals surface area contributed by atoms with Crippen LogP contribution in [-0.2, 0) is 6.42 Å². The molecule has 0 unspecified atom stereocenters. The summed E-state index contributed by atoms with van der Waals surface area (Å²) in [7, 11) is 4.90. The third-order valence-electron chi connectivity index (χ3n) is 5.90. The third kappa shape index (κ3) is 4.52. The second-order valence-electron chi connectivity index (χ2n) is 7.98. The highest BCUT2D eigenvalue weighted by Crippen LogP contribution is 2.31. The number of imidazole rings is 1. The average Bonchev–Trinajstić information content (AvgIpc) is 3.46. The van der Waals surface area contributed by atoms with Gasteiger partial charge in [0.1, 0.15) is 17.2 Å². The smallest absolute Gasteiger partial charge is 0.251 e. The highest BCUT2D eigenvalue weighted by Gasteiger charge is 2.14. The third-order valence-corrected chi connectivity index (χ3v) is 6.91. The van der Waals surface area contributed by atoms with Crippen LogP contribution in [0.5, 0.6) is 17.2 Å². The van der Waals surface area contributed by atoms with Gasteiger partial charge in [-0.25, -0.2) is 4.98 Å². The maximum atomic E-state index is 12.8. The number of hydrogen-bond acceptors (Lipinski definition) is 6. The maximum Gasteiger partial charge on any atom is 0.251 e. The van der Waals surface area contributed by atoms with E-state index in [0.29, 0.717) is 18.5 Å². The average molecular weight is 488 g/mol. The number of carbonyl (C=O) groups excluding carboxylic acids is 1. The van der Waals surface area contributed by atoms with E-state index in [2.05, 4.69) is 9.72 Å². The minimum Gasteiger partial charge on any atom is -0.497 e. The Bertz CT molecular complexity index is 1520. The first-order valence-corrected chi connectivity index (χ1v) is 12.0. The monoisotopic (exact) mass is 487 g/mol. The van der Waals surface area contributed by atoms with E-state index in [-0.39, 0.29) is 5.91 Å². The number of fused-ring (bicyclic) bond motifs is 3. The first kappa shape index (κ1) is 22.7. The van der Waals surface area contributed by atoms with Gasteiger partial charge < -0.3 is 19.5 Å². The van der Waals surface area contributed by atoms with Crippen LogP contribution in [0, 0.1) is 0 Å². The lowest BCUT2D eigenvalue weighted by atomic mass is 10.1. The lowest BCUT2D eigenvalue weighted by molar-refractivity contribution is 0.0954. The molecule has 35 heavy (non-hydrogen) atoms. The number of nitrogens with one attached hydrogen (secondary N) is 1. The Hall–Kier alpha value is -4.04. The van der Waals surface area contributed by atoms with Crippen LogP contribution >= 0.6 is 11.3 Å². The number of aromatic nitrogens is 2. The van der Waals surface area contributed by atoms with Gasteiger partial charge in [0, 0.05) is 29.9 Å². The highest BCUT2D eigenvalue weighted by molar-refractivity contribution is 7.23. The van der Waals surface area contributed by atoms with E-state index in [1.54, 1.807) is 32.7 Å². The number of nitrogens with zero attached hydrogens (tertiary/aromatic N) is 2. The molecule has 0 bridgehead atoms. The van der Waals surface area contributed by atoms with Crippen molar-refractivity contribution in [1.29, 1.82) is 0 Å². The lowest BCUT2D eigenvalue weighted by Crippen LogP contribution is -2.25. The Morgan fingerprint density at radius 3 is 2.60 bits per heavy atom. The van der Waals surface area contributed by atoms with E-state index in [9.17, 15) is 4.79 Å². The van der Waals surface area contributed by atoms with Crippen LogP contribution in [0.2, 0.25) is 0 Å². The normalized spacial score (nSPS) is 11.1. The zero-order chi connectivity index (χ0) is 24.4. The van der Waals surface area contributed by atoms with Gasteiger partial charge in [0.2, 0.25) is 0 Å². The van der Waals surface area contributed by atoms with Gasteiger partial charge in [0.25, 0.3) is 5.91 Å². The van der Waals surface area contributed by atoms with Gasteiger partial charge >= 0.3 is 0 Å². The molecule has 1 N–H and O–H groups in total. The van der Waals surface area contributed by atoms with Crippen LogP contribution in [-0.4, -0.2) is 43.2 Å². The molecule has 2 heterocycles. The number of rotatable bonds is 8. The molecule has 0 aliphatic heterocycles. The molecule has 178 valence electrons. The molecule has 0 saturated heterocycles. The van der Waals surface area contributed by atoms with E-state index in [0.717, 1.165) is 49.2 Å². The zero-order valence-corrected chi connectivity index (χ0v) is 20.5. The molecule has 8 heteroatoms. The van der Waals surface area contributed by atoms with Crippen molar-refractivity contribution in [2.45, 2.75) is 6.42 Å². The van der Waals surface area contributed by atoms with Crippen LogP contribution in [0.25, 0.3) is 26.4 Å². The second kappa shape index (κ2) is 9.68. The molecule has 0 aliphatic carbocycles. The first-order valence-electron chi connectivity index (χ1n) is 11.1. The number of thiazole rings is 1. The molecule has 1 amide bonds. The predicted octanol–water partition coefficient (Wildman–Crippen LogP) is 5.21. The summed E-state index contributed by atoms with van der Waals surface area (Å²) in [6.07, 6.45) is 2.67.